The van der Waals surface area contributed by atoms with Crippen LogP contribution in [0, 0.1) is 11.3 Å². The van der Waals surface area contributed by atoms with Crippen molar-refractivity contribution in [3.8, 4) is 6.07 Å². The van der Waals surface area contributed by atoms with Crippen LogP contribution in [-0.4, -0.2) is 23.9 Å². The first-order chi connectivity index (χ1) is 8.72. The van der Waals surface area contributed by atoms with Gasteiger partial charge in [-0.3, -0.25) is 4.79 Å². The smallest absolute Gasteiger partial charge is 0.253 e. The zero-order valence-corrected chi connectivity index (χ0v) is 10.7. The predicted molar refractivity (Wildman–Crippen MR) is 70.1 cm³/mol. The topological polar surface area (TPSA) is 44.1 Å². The molecule has 0 heterocycles. The molecule has 0 spiro atoms. The third-order valence-corrected chi connectivity index (χ3v) is 3.68. The fourth-order valence-electron chi connectivity index (χ4n) is 2.56. The van der Waals surface area contributed by atoms with Gasteiger partial charge in [-0.1, -0.05) is 25.3 Å². The summed E-state index contributed by atoms with van der Waals surface area (Å²) in [4.78, 5) is 14.2. The Labute approximate surface area is 108 Å². The SMILES string of the molecule is CN(C(=O)c1cccc(C#N)c1)C1CCCCC1. The van der Waals surface area contributed by atoms with Gasteiger partial charge in [0.1, 0.15) is 0 Å². The second-order valence-electron chi connectivity index (χ2n) is 4.90. The van der Waals surface area contributed by atoms with Crippen molar-refractivity contribution in [1.29, 1.82) is 5.26 Å². The number of amides is 1. The van der Waals surface area contributed by atoms with Crippen LogP contribution in [0.25, 0.3) is 0 Å². The second kappa shape index (κ2) is 5.68. The van der Waals surface area contributed by atoms with Crippen LogP contribution in [0.15, 0.2) is 24.3 Å². The van der Waals surface area contributed by atoms with Crippen molar-refractivity contribution in [3.05, 3.63) is 35.4 Å². The second-order valence-corrected chi connectivity index (χ2v) is 4.90. The number of hydrogen-bond donors (Lipinski definition) is 0. The molecule has 18 heavy (non-hydrogen) atoms. The molecule has 2 rings (SSSR count). The van der Waals surface area contributed by atoms with E-state index in [0.717, 1.165) is 12.8 Å². The van der Waals surface area contributed by atoms with Gasteiger partial charge in [-0.05, 0) is 31.0 Å². The molecule has 0 atom stereocenters. The highest BCUT2D eigenvalue weighted by Crippen LogP contribution is 2.23. The maximum absolute atomic E-state index is 12.3. The van der Waals surface area contributed by atoms with E-state index in [2.05, 4.69) is 6.07 Å². The molecule has 0 radical (unpaired) electrons. The first-order valence-electron chi connectivity index (χ1n) is 6.49. The van der Waals surface area contributed by atoms with Gasteiger partial charge in [-0.15, -0.1) is 0 Å². The molecule has 0 unspecified atom stereocenters. The van der Waals surface area contributed by atoms with E-state index in [0.29, 0.717) is 17.2 Å². The lowest BCUT2D eigenvalue weighted by Gasteiger charge is -2.31. The van der Waals surface area contributed by atoms with Crippen molar-refractivity contribution in [2.75, 3.05) is 7.05 Å². The number of carbonyl (C=O) groups excluding carboxylic acids is 1. The first kappa shape index (κ1) is 12.6. The van der Waals surface area contributed by atoms with Crippen LogP contribution >= 0.6 is 0 Å². The Bertz CT molecular complexity index is 470. The van der Waals surface area contributed by atoms with E-state index in [1.54, 1.807) is 24.3 Å². The molecule has 3 heteroatoms. The summed E-state index contributed by atoms with van der Waals surface area (Å²) < 4.78 is 0. The Hall–Kier alpha value is -1.82. The fraction of sp³-hybridized carbons (Fsp3) is 0.467. The molecule has 1 aliphatic rings. The number of rotatable bonds is 2. The summed E-state index contributed by atoms with van der Waals surface area (Å²) in [7, 11) is 1.87. The van der Waals surface area contributed by atoms with Gasteiger partial charge in [0, 0.05) is 18.7 Å². The average Bonchev–Trinajstić information content (AvgIpc) is 2.46. The Balaban J connectivity index is 2.12. The summed E-state index contributed by atoms with van der Waals surface area (Å²) >= 11 is 0. The van der Waals surface area contributed by atoms with Crippen LogP contribution < -0.4 is 0 Å². The largest absolute Gasteiger partial charge is 0.339 e. The highest BCUT2D eigenvalue weighted by atomic mass is 16.2. The molecule has 1 amide bonds. The molecule has 1 saturated carbocycles. The molecule has 0 saturated heterocycles. The lowest BCUT2D eigenvalue weighted by molar-refractivity contribution is 0.0696. The van der Waals surface area contributed by atoms with E-state index in [1.807, 2.05) is 11.9 Å². The minimum atomic E-state index is 0.0269. The summed E-state index contributed by atoms with van der Waals surface area (Å²) in [5.74, 6) is 0.0269. The maximum Gasteiger partial charge on any atom is 0.253 e. The van der Waals surface area contributed by atoms with Crippen molar-refractivity contribution >= 4 is 5.91 Å². The Morgan fingerprint density at radius 1 is 1.33 bits per heavy atom. The van der Waals surface area contributed by atoms with E-state index < -0.39 is 0 Å². The zero-order chi connectivity index (χ0) is 13.0. The van der Waals surface area contributed by atoms with Crippen molar-refractivity contribution in [3.63, 3.8) is 0 Å². The molecule has 0 bridgehead atoms. The van der Waals surface area contributed by atoms with Crippen molar-refractivity contribution in [1.82, 2.24) is 4.90 Å². The predicted octanol–water partition coefficient (Wildman–Crippen LogP) is 2.96. The normalized spacial score (nSPS) is 16.0. The first-order valence-corrected chi connectivity index (χ1v) is 6.49. The van der Waals surface area contributed by atoms with Gasteiger partial charge in [0.05, 0.1) is 11.6 Å². The third kappa shape index (κ3) is 2.70. The van der Waals surface area contributed by atoms with Crippen LogP contribution in [0.3, 0.4) is 0 Å². The number of nitrogens with zero attached hydrogens (tertiary/aromatic N) is 2. The molecule has 0 N–H and O–H groups in total. The fourth-order valence-corrected chi connectivity index (χ4v) is 2.56. The summed E-state index contributed by atoms with van der Waals surface area (Å²) in [5, 5.41) is 8.86. The molecule has 94 valence electrons. The van der Waals surface area contributed by atoms with Crippen LogP contribution in [0.2, 0.25) is 0 Å². The highest BCUT2D eigenvalue weighted by molar-refractivity contribution is 5.94. The number of benzene rings is 1. The Morgan fingerprint density at radius 3 is 2.72 bits per heavy atom. The van der Waals surface area contributed by atoms with Crippen LogP contribution in [-0.2, 0) is 0 Å². The lowest BCUT2D eigenvalue weighted by Crippen LogP contribution is -2.38. The minimum Gasteiger partial charge on any atom is -0.339 e. The summed E-state index contributed by atoms with van der Waals surface area (Å²) in [6.45, 7) is 0. The van der Waals surface area contributed by atoms with Gasteiger partial charge in [-0.25, -0.2) is 0 Å². The average molecular weight is 242 g/mol. The standard InChI is InChI=1S/C15H18N2O/c1-17(14-8-3-2-4-9-14)15(18)13-7-5-6-12(10-13)11-16/h5-7,10,14H,2-4,8-9H2,1H3. The van der Waals surface area contributed by atoms with Gasteiger partial charge >= 0.3 is 0 Å². The van der Waals surface area contributed by atoms with Crippen molar-refractivity contribution < 1.29 is 4.79 Å². The van der Waals surface area contributed by atoms with Gasteiger partial charge in [-0.2, -0.15) is 5.26 Å². The van der Waals surface area contributed by atoms with Crippen molar-refractivity contribution in [2.45, 2.75) is 38.1 Å². The van der Waals surface area contributed by atoms with E-state index in [9.17, 15) is 4.79 Å². The van der Waals surface area contributed by atoms with E-state index in [-0.39, 0.29) is 5.91 Å². The molecule has 1 aliphatic carbocycles. The molecule has 1 aromatic rings. The number of nitriles is 1. The minimum absolute atomic E-state index is 0.0269. The van der Waals surface area contributed by atoms with Gasteiger partial charge < -0.3 is 4.90 Å². The summed E-state index contributed by atoms with van der Waals surface area (Å²) in [5.41, 5.74) is 1.15. The third-order valence-electron chi connectivity index (χ3n) is 3.68. The van der Waals surface area contributed by atoms with Gasteiger partial charge in [0.15, 0.2) is 0 Å². The molecule has 1 fully saturated rings. The Kier molecular flexibility index (Phi) is 3.99. The molecule has 1 aromatic carbocycles. The molecular formula is C15H18N2O. The van der Waals surface area contributed by atoms with Crippen LogP contribution in [0.4, 0.5) is 0 Å². The van der Waals surface area contributed by atoms with E-state index in [1.165, 1.54) is 19.3 Å². The van der Waals surface area contributed by atoms with E-state index >= 15 is 0 Å². The highest BCUT2D eigenvalue weighted by Gasteiger charge is 2.22. The number of hydrogen-bond acceptors (Lipinski definition) is 2. The maximum atomic E-state index is 12.3. The van der Waals surface area contributed by atoms with E-state index in [4.69, 9.17) is 5.26 Å². The summed E-state index contributed by atoms with van der Waals surface area (Å²) in [6, 6.07) is 9.36. The van der Waals surface area contributed by atoms with Gasteiger partial charge in [0.2, 0.25) is 0 Å². The van der Waals surface area contributed by atoms with Gasteiger partial charge in [0.25, 0.3) is 5.91 Å². The molecular weight excluding hydrogens is 224 g/mol. The van der Waals surface area contributed by atoms with Crippen LogP contribution in [0.1, 0.15) is 48.0 Å². The lowest BCUT2D eigenvalue weighted by atomic mass is 9.94. The zero-order valence-electron chi connectivity index (χ0n) is 10.7. The number of carbonyl (C=O) groups is 1. The molecule has 0 aliphatic heterocycles. The van der Waals surface area contributed by atoms with Crippen LogP contribution in [0.5, 0.6) is 0 Å². The summed E-state index contributed by atoms with van der Waals surface area (Å²) in [6.07, 6.45) is 5.89. The molecule has 3 nitrogen and oxygen atoms in total. The van der Waals surface area contributed by atoms with Crippen molar-refractivity contribution in [2.24, 2.45) is 0 Å². The molecule has 0 aromatic heterocycles. The Morgan fingerprint density at radius 2 is 2.06 bits per heavy atom. The quantitative estimate of drug-likeness (QED) is 0.800. The monoisotopic (exact) mass is 242 g/mol.